The zero-order chi connectivity index (χ0) is 20.3. The van der Waals surface area contributed by atoms with Gasteiger partial charge in [-0.3, -0.25) is 19.7 Å². The first-order valence-electron chi connectivity index (χ1n) is 8.30. The minimum absolute atomic E-state index is 0.140. The maximum Gasteiger partial charge on any atom is 0.306 e. The largest absolute Gasteiger partial charge is 0.469 e. The average Bonchev–Trinajstić information content (AvgIpc) is 3.04. The third kappa shape index (κ3) is 3.98. The zero-order valence-electron chi connectivity index (χ0n) is 14.8. The highest BCUT2D eigenvalue weighted by molar-refractivity contribution is 5.71. The lowest BCUT2D eigenvalue weighted by Gasteiger charge is -2.16. The van der Waals surface area contributed by atoms with Crippen LogP contribution in [0.2, 0.25) is 0 Å². The van der Waals surface area contributed by atoms with Crippen molar-refractivity contribution >= 4 is 5.97 Å². The van der Waals surface area contributed by atoms with Crippen LogP contribution in [0.15, 0.2) is 41.5 Å². The average molecular weight is 391 g/mol. The minimum Gasteiger partial charge on any atom is -0.469 e. The fourth-order valence-electron chi connectivity index (χ4n) is 3.02. The summed E-state index contributed by atoms with van der Waals surface area (Å²) in [6, 6.07) is 4.52. The number of aromatic amines is 2. The smallest absolute Gasteiger partial charge is 0.306 e. The lowest BCUT2D eigenvalue weighted by Crippen LogP contribution is -2.18. The summed E-state index contributed by atoms with van der Waals surface area (Å²) < 4.78 is 45.5. The number of H-pyrrole nitrogens is 2. The second-order valence-electron chi connectivity index (χ2n) is 6.13. The number of esters is 1. The Bertz CT molecular complexity index is 1050. The van der Waals surface area contributed by atoms with Crippen molar-refractivity contribution in [2.45, 2.75) is 18.8 Å². The highest BCUT2D eigenvalue weighted by atomic mass is 19.2. The highest BCUT2D eigenvalue weighted by Gasteiger charge is 2.26. The van der Waals surface area contributed by atoms with E-state index < -0.39 is 34.9 Å². The van der Waals surface area contributed by atoms with Gasteiger partial charge >= 0.3 is 5.97 Å². The summed E-state index contributed by atoms with van der Waals surface area (Å²) in [4.78, 5) is 28.3. The molecule has 28 heavy (non-hydrogen) atoms. The zero-order valence-corrected chi connectivity index (χ0v) is 14.8. The third-order valence-corrected chi connectivity index (χ3v) is 4.39. The van der Waals surface area contributed by atoms with Crippen molar-refractivity contribution in [1.82, 2.24) is 15.2 Å². The SMILES string of the molecule is COC(=O)C[C@@H](c1cccnc1)c1c(Cc2cc(F)c(F)cc2F)[nH][nH]c1=O. The van der Waals surface area contributed by atoms with Crippen LogP contribution in [0.4, 0.5) is 13.2 Å². The molecule has 2 N–H and O–H groups in total. The van der Waals surface area contributed by atoms with Crippen molar-refractivity contribution in [1.29, 1.82) is 0 Å². The number of benzene rings is 1. The molecule has 2 heterocycles. The van der Waals surface area contributed by atoms with Gasteiger partial charge in [0.1, 0.15) is 5.82 Å². The van der Waals surface area contributed by atoms with Crippen LogP contribution in [0.1, 0.15) is 34.7 Å². The molecule has 0 amide bonds. The summed E-state index contributed by atoms with van der Waals surface area (Å²) in [5.41, 5.74) is 0.328. The maximum absolute atomic E-state index is 14.1. The van der Waals surface area contributed by atoms with Crippen LogP contribution in [0.3, 0.4) is 0 Å². The standard InChI is InChI=1S/C19H16F3N3O3/c1-28-17(26)7-12(10-3-2-4-23-9-10)18-16(24-25-19(18)27)6-11-5-14(21)15(22)8-13(11)20/h2-5,8-9,12H,6-7H2,1H3,(H2,24,25,27)/t12-/m0/s1. The van der Waals surface area contributed by atoms with Gasteiger partial charge in [0.05, 0.1) is 13.5 Å². The second kappa shape index (κ2) is 8.12. The van der Waals surface area contributed by atoms with Crippen molar-refractivity contribution in [3.63, 3.8) is 0 Å². The van der Waals surface area contributed by atoms with Gasteiger partial charge in [0.15, 0.2) is 11.6 Å². The number of nitrogens with zero attached hydrogens (tertiary/aromatic N) is 1. The molecule has 0 saturated heterocycles. The molecule has 0 bridgehead atoms. The van der Waals surface area contributed by atoms with E-state index in [2.05, 4.69) is 15.2 Å². The first kappa shape index (κ1) is 19.4. The van der Waals surface area contributed by atoms with Crippen LogP contribution in [0.25, 0.3) is 0 Å². The number of carbonyl (C=O) groups excluding carboxylic acids is 1. The van der Waals surface area contributed by atoms with E-state index in [4.69, 9.17) is 4.74 Å². The summed E-state index contributed by atoms with van der Waals surface area (Å²) >= 11 is 0. The van der Waals surface area contributed by atoms with Crippen molar-refractivity contribution < 1.29 is 22.7 Å². The molecule has 0 aliphatic rings. The number of aromatic nitrogens is 3. The highest BCUT2D eigenvalue weighted by Crippen LogP contribution is 2.29. The summed E-state index contributed by atoms with van der Waals surface area (Å²) in [5, 5.41) is 5.03. The van der Waals surface area contributed by atoms with Gasteiger partial charge in [-0.25, -0.2) is 13.2 Å². The van der Waals surface area contributed by atoms with Crippen LogP contribution in [0, 0.1) is 17.5 Å². The molecule has 0 radical (unpaired) electrons. The molecule has 3 rings (SSSR count). The Kier molecular flexibility index (Phi) is 5.62. The van der Waals surface area contributed by atoms with E-state index in [-0.39, 0.29) is 29.7 Å². The molecule has 6 nitrogen and oxygen atoms in total. The quantitative estimate of drug-likeness (QED) is 0.500. The number of hydrogen-bond donors (Lipinski definition) is 2. The molecular weight excluding hydrogens is 375 g/mol. The molecule has 0 unspecified atom stereocenters. The molecule has 1 atom stereocenters. The van der Waals surface area contributed by atoms with E-state index in [9.17, 15) is 22.8 Å². The van der Waals surface area contributed by atoms with Gasteiger partial charge < -0.3 is 9.84 Å². The second-order valence-corrected chi connectivity index (χ2v) is 6.13. The van der Waals surface area contributed by atoms with E-state index in [1.54, 1.807) is 12.1 Å². The van der Waals surface area contributed by atoms with E-state index in [1.165, 1.54) is 19.5 Å². The molecule has 3 aromatic rings. The van der Waals surface area contributed by atoms with E-state index in [1.807, 2.05) is 0 Å². The molecule has 146 valence electrons. The molecule has 0 aliphatic heterocycles. The molecule has 1 aromatic carbocycles. The van der Waals surface area contributed by atoms with Gasteiger partial charge in [-0.05, 0) is 23.3 Å². The van der Waals surface area contributed by atoms with Gasteiger partial charge in [0.25, 0.3) is 5.56 Å². The van der Waals surface area contributed by atoms with Gasteiger partial charge in [-0.15, -0.1) is 0 Å². The van der Waals surface area contributed by atoms with Crippen LogP contribution < -0.4 is 5.56 Å². The Morgan fingerprint density at radius 1 is 1.18 bits per heavy atom. The number of halogens is 3. The van der Waals surface area contributed by atoms with E-state index >= 15 is 0 Å². The molecule has 0 aliphatic carbocycles. The molecule has 0 fully saturated rings. The van der Waals surface area contributed by atoms with Crippen molar-refractivity contribution in [2.75, 3.05) is 7.11 Å². The van der Waals surface area contributed by atoms with Gasteiger partial charge in [-0.2, -0.15) is 0 Å². The lowest BCUT2D eigenvalue weighted by atomic mass is 9.88. The number of hydrogen-bond acceptors (Lipinski definition) is 4. The Morgan fingerprint density at radius 3 is 2.61 bits per heavy atom. The van der Waals surface area contributed by atoms with Gasteiger partial charge in [0.2, 0.25) is 0 Å². The molecule has 0 saturated carbocycles. The Balaban J connectivity index is 2.06. The number of rotatable bonds is 6. The number of methoxy groups -OCH3 is 1. The molecule has 0 spiro atoms. The fourth-order valence-corrected chi connectivity index (χ4v) is 3.02. The molecule has 9 heteroatoms. The molecule has 2 aromatic heterocycles. The van der Waals surface area contributed by atoms with Crippen molar-refractivity contribution in [2.24, 2.45) is 0 Å². The van der Waals surface area contributed by atoms with Gasteiger partial charge in [0, 0.05) is 42.1 Å². The molecular formula is C19H16F3N3O3. The summed E-state index contributed by atoms with van der Waals surface area (Å²) in [7, 11) is 1.22. The predicted molar refractivity (Wildman–Crippen MR) is 93.2 cm³/mol. The summed E-state index contributed by atoms with van der Waals surface area (Å²) in [6.45, 7) is 0. The number of carbonyl (C=O) groups is 1. The fraction of sp³-hybridized carbons (Fsp3) is 0.211. The monoisotopic (exact) mass is 391 g/mol. The Hall–Kier alpha value is -3.36. The normalized spacial score (nSPS) is 12.0. The van der Waals surface area contributed by atoms with Crippen LogP contribution in [0.5, 0.6) is 0 Å². The third-order valence-electron chi connectivity index (χ3n) is 4.39. The topological polar surface area (TPSA) is 87.8 Å². The lowest BCUT2D eigenvalue weighted by molar-refractivity contribution is -0.140. The first-order chi connectivity index (χ1) is 13.4. The number of nitrogens with one attached hydrogen (secondary N) is 2. The van der Waals surface area contributed by atoms with Crippen LogP contribution in [-0.2, 0) is 16.0 Å². The van der Waals surface area contributed by atoms with Crippen LogP contribution in [-0.4, -0.2) is 28.3 Å². The number of pyridine rings is 1. The van der Waals surface area contributed by atoms with Gasteiger partial charge in [-0.1, -0.05) is 6.07 Å². The predicted octanol–water partition coefficient (Wildman–Crippen LogP) is 2.80. The van der Waals surface area contributed by atoms with Crippen molar-refractivity contribution in [3.8, 4) is 0 Å². The van der Waals surface area contributed by atoms with E-state index in [0.29, 0.717) is 11.6 Å². The van der Waals surface area contributed by atoms with Crippen LogP contribution >= 0.6 is 0 Å². The summed E-state index contributed by atoms with van der Waals surface area (Å²) in [5.74, 6) is -4.73. The first-order valence-corrected chi connectivity index (χ1v) is 8.30. The Labute approximate surface area is 157 Å². The maximum atomic E-state index is 14.1. The minimum atomic E-state index is -1.30. The summed E-state index contributed by atoms with van der Waals surface area (Å²) in [6.07, 6.45) is 2.67. The van der Waals surface area contributed by atoms with E-state index in [0.717, 1.165) is 6.07 Å². The van der Waals surface area contributed by atoms with Crippen molar-refractivity contribution in [3.05, 3.63) is 86.8 Å². The number of ether oxygens (including phenoxy) is 1. The Morgan fingerprint density at radius 2 is 1.93 bits per heavy atom.